The minimum absolute atomic E-state index is 0.0484. The number of sulfonamides is 2. The van der Waals surface area contributed by atoms with Crippen molar-refractivity contribution in [1.29, 1.82) is 0 Å². The molecule has 0 atom stereocenters. The number of amides is 1. The summed E-state index contributed by atoms with van der Waals surface area (Å²) in [5.41, 5.74) is 0. The van der Waals surface area contributed by atoms with E-state index in [0.717, 1.165) is 0 Å². The molecule has 1 aromatic carbocycles. The third kappa shape index (κ3) is 4.08. The average molecular weight is 404 g/mol. The molecule has 1 saturated heterocycles. The van der Waals surface area contributed by atoms with Crippen LogP contribution >= 0.6 is 0 Å². The Labute approximate surface area is 155 Å². The fourth-order valence-electron chi connectivity index (χ4n) is 2.89. The minimum Gasteiger partial charge on any atom is -0.340 e. The fraction of sp³-hybridized carbons (Fsp3) is 0.562. The van der Waals surface area contributed by atoms with Crippen LogP contribution in [0.1, 0.15) is 20.8 Å². The van der Waals surface area contributed by atoms with E-state index in [9.17, 15) is 21.6 Å². The van der Waals surface area contributed by atoms with Gasteiger partial charge in [-0.05, 0) is 24.3 Å². The highest BCUT2D eigenvalue weighted by molar-refractivity contribution is 7.89. The van der Waals surface area contributed by atoms with Gasteiger partial charge in [0, 0.05) is 46.2 Å². The van der Waals surface area contributed by atoms with Gasteiger partial charge in [-0.2, -0.15) is 8.61 Å². The van der Waals surface area contributed by atoms with Crippen molar-refractivity contribution in [3.05, 3.63) is 24.3 Å². The largest absolute Gasteiger partial charge is 0.340 e. The predicted octanol–water partition coefficient (Wildman–Crippen LogP) is 0.570. The van der Waals surface area contributed by atoms with Crippen molar-refractivity contribution in [2.24, 2.45) is 0 Å². The molecule has 146 valence electrons. The molecule has 2 rings (SSSR count). The first-order valence-corrected chi connectivity index (χ1v) is 11.4. The van der Waals surface area contributed by atoms with Crippen LogP contribution in [-0.2, 0) is 24.8 Å². The summed E-state index contributed by atoms with van der Waals surface area (Å²) >= 11 is 0. The zero-order valence-electron chi connectivity index (χ0n) is 15.3. The highest BCUT2D eigenvalue weighted by Crippen LogP contribution is 2.21. The number of piperazine rings is 1. The predicted molar refractivity (Wildman–Crippen MR) is 97.6 cm³/mol. The van der Waals surface area contributed by atoms with E-state index in [4.69, 9.17) is 0 Å². The third-order valence-electron chi connectivity index (χ3n) is 4.49. The molecule has 1 aliphatic rings. The molecule has 1 heterocycles. The molecule has 0 bridgehead atoms. The number of nitrogens with zero attached hydrogens (tertiary/aromatic N) is 3. The van der Waals surface area contributed by atoms with E-state index in [-0.39, 0.29) is 28.8 Å². The molecule has 0 spiro atoms. The topological polar surface area (TPSA) is 95.1 Å². The van der Waals surface area contributed by atoms with E-state index < -0.39 is 20.0 Å². The molecular formula is C16H25N3O5S2. The summed E-state index contributed by atoms with van der Waals surface area (Å²) in [5.74, 6) is -0.0759. The SMILES string of the molecule is CCN(CC)S(=O)(=O)c1ccc(S(=O)(=O)N2CCN(C(C)=O)CC2)cc1. The molecule has 1 amide bonds. The molecule has 10 heteroatoms. The Morgan fingerprint density at radius 1 is 0.923 bits per heavy atom. The van der Waals surface area contributed by atoms with Crippen molar-refractivity contribution in [3.63, 3.8) is 0 Å². The smallest absolute Gasteiger partial charge is 0.243 e. The standard InChI is InChI=1S/C16H25N3O5S2/c1-4-18(5-2)25(21,22)15-6-8-16(9-7-15)26(23,24)19-12-10-17(11-13-19)14(3)20/h6-9H,4-5,10-13H2,1-3H3. The van der Waals surface area contributed by atoms with Crippen LogP contribution in [0.5, 0.6) is 0 Å². The van der Waals surface area contributed by atoms with E-state index in [1.54, 1.807) is 18.7 Å². The van der Waals surface area contributed by atoms with Crippen LogP contribution in [0.4, 0.5) is 0 Å². The molecule has 1 aromatic rings. The molecule has 1 aliphatic heterocycles. The van der Waals surface area contributed by atoms with Gasteiger partial charge in [0.2, 0.25) is 26.0 Å². The second kappa shape index (κ2) is 8.03. The molecule has 0 unspecified atom stereocenters. The summed E-state index contributed by atoms with van der Waals surface area (Å²) in [6.07, 6.45) is 0. The Morgan fingerprint density at radius 3 is 1.81 bits per heavy atom. The van der Waals surface area contributed by atoms with E-state index in [1.807, 2.05) is 0 Å². The van der Waals surface area contributed by atoms with Crippen LogP contribution < -0.4 is 0 Å². The van der Waals surface area contributed by atoms with Gasteiger partial charge in [-0.15, -0.1) is 0 Å². The van der Waals surface area contributed by atoms with Crippen molar-refractivity contribution in [2.45, 2.75) is 30.6 Å². The first kappa shape index (κ1) is 20.8. The van der Waals surface area contributed by atoms with Gasteiger partial charge in [0.15, 0.2) is 0 Å². The summed E-state index contributed by atoms with van der Waals surface area (Å²) in [7, 11) is -7.34. The molecule has 0 aromatic heterocycles. The lowest BCUT2D eigenvalue weighted by molar-refractivity contribution is -0.129. The van der Waals surface area contributed by atoms with Gasteiger partial charge in [0.25, 0.3) is 0 Å². The maximum Gasteiger partial charge on any atom is 0.243 e. The maximum absolute atomic E-state index is 12.7. The lowest BCUT2D eigenvalue weighted by Gasteiger charge is -2.33. The van der Waals surface area contributed by atoms with Crippen molar-refractivity contribution in [1.82, 2.24) is 13.5 Å². The Balaban J connectivity index is 2.21. The zero-order chi connectivity index (χ0) is 19.5. The highest BCUT2D eigenvalue weighted by atomic mass is 32.2. The monoisotopic (exact) mass is 403 g/mol. The highest BCUT2D eigenvalue weighted by Gasteiger charge is 2.30. The Morgan fingerprint density at radius 2 is 1.38 bits per heavy atom. The molecule has 0 radical (unpaired) electrons. The summed E-state index contributed by atoms with van der Waals surface area (Å²) in [6, 6.07) is 5.30. The van der Waals surface area contributed by atoms with Gasteiger partial charge in [-0.1, -0.05) is 13.8 Å². The fourth-order valence-corrected chi connectivity index (χ4v) is 5.77. The maximum atomic E-state index is 12.7. The minimum atomic E-state index is -3.72. The number of rotatable bonds is 6. The lowest BCUT2D eigenvalue weighted by atomic mass is 10.3. The van der Waals surface area contributed by atoms with E-state index in [2.05, 4.69) is 0 Å². The summed E-state index contributed by atoms with van der Waals surface area (Å²) in [6.45, 7) is 6.80. The summed E-state index contributed by atoms with van der Waals surface area (Å²) < 4.78 is 53.1. The zero-order valence-corrected chi connectivity index (χ0v) is 16.9. The number of benzene rings is 1. The van der Waals surface area contributed by atoms with Gasteiger partial charge < -0.3 is 4.90 Å². The van der Waals surface area contributed by atoms with Crippen molar-refractivity contribution < 1.29 is 21.6 Å². The van der Waals surface area contributed by atoms with E-state index in [1.165, 1.54) is 39.8 Å². The lowest BCUT2D eigenvalue weighted by Crippen LogP contribution is -2.49. The first-order valence-electron chi connectivity index (χ1n) is 8.50. The number of carbonyl (C=O) groups excluding carboxylic acids is 1. The second-order valence-corrected chi connectivity index (χ2v) is 9.85. The van der Waals surface area contributed by atoms with Crippen LogP contribution in [0.25, 0.3) is 0 Å². The van der Waals surface area contributed by atoms with E-state index in [0.29, 0.717) is 26.2 Å². The van der Waals surface area contributed by atoms with Gasteiger partial charge in [-0.3, -0.25) is 4.79 Å². The Kier molecular flexibility index (Phi) is 6.43. The molecular weight excluding hydrogens is 378 g/mol. The molecule has 1 fully saturated rings. The van der Waals surface area contributed by atoms with Gasteiger partial charge in [-0.25, -0.2) is 16.8 Å². The Hall–Kier alpha value is -1.49. The molecule has 8 nitrogen and oxygen atoms in total. The van der Waals surface area contributed by atoms with Gasteiger partial charge in [0.1, 0.15) is 0 Å². The van der Waals surface area contributed by atoms with Crippen LogP contribution in [-0.4, -0.2) is 75.5 Å². The summed E-state index contributed by atoms with van der Waals surface area (Å²) in [5, 5.41) is 0. The first-order chi connectivity index (χ1) is 12.1. The molecule has 26 heavy (non-hydrogen) atoms. The van der Waals surface area contributed by atoms with Crippen LogP contribution in [0.3, 0.4) is 0 Å². The van der Waals surface area contributed by atoms with E-state index >= 15 is 0 Å². The number of hydrogen-bond acceptors (Lipinski definition) is 5. The van der Waals surface area contributed by atoms with Gasteiger partial charge in [0.05, 0.1) is 9.79 Å². The number of hydrogen-bond donors (Lipinski definition) is 0. The van der Waals surface area contributed by atoms with Crippen molar-refractivity contribution in [2.75, 3.05) is 39.3 Å². The normalized spacial score (nSPS) is 16.8. The van der Waals surface area contributed by atoms with Crippen molar-refractivity contribution in [3.8, 4) is 0 Å². The van der Waals surface area contributed by atoms with Gasteiger partial charge >= 0.3 is 0 Å². The molecule has 0 aliphatic carbocycles. The third-order valence-corrected chi connectivity index (χ3v) is 8.47. The van der Waals surface area contributed by atoms with Crippen LogP contribution in [0.2, 0.25) is 0 Å². The van der Waals surface area contributed by atoms with Crippen LogP contribution in [0, 0.1) is 0 Å². The van der Waals surface area contributed by atoms with Crippen molar-refractivity contribution >= 4 is 26.0 Å². The molecule has 0 N–H and O–H groups in total. The Bertz CT molecular complexity index is 838. The quantitative estimate of drug-likeness (QED) is 0.692. The van der Waals surface area contributed by atoms with Crippen LogP contribution in [0.15, 0.2) is 34.1 Å². The summed E-state index contributed by atoms with van der Waals surface area (Å²) in [4.78, 5) is 13.1. The molecule has 0 saturated carbocycles. The number of carbonyl (C=O) groups is 1. The average Bonchev–Trinajstić information content (AvgIpc) is 2.62. The second-order valence-electron chi connectivity index (χ2n) is 5.97.